The number of hydrogen-bond donors (Lipinski definition) is 4. The van der Waals surface area contributed by atoms with Crippen molar-refractivity contribution in [2.45, 2.75) is 52.4 Å². The minimum absolute atomic E-state index is 0.0610. The first-order valence-electron chi connectivity index (χ1n) is 11.3. The molecular formula is C25H37N3O3. The van der Waals surface area contributed by atoms with Gasteiger partial charge in [0.25, 0.3) is 0 Å². The van der Waals surface area contributed by atoms with E-state index in [2.05, 4.69) is 48.0 Å². The molecule has 0 aliphatic heterocycles. The molecule has 0 aromatic heterocycles. The van der Waals surface area contributed by atoms with Crippen molar-refractivity contribution in [1.82, 2.24) is 10.6 Å². The fourth-order valence-corrected chi connectivity index (χ4v) is 3.38. The lowest BCUT2D eigenvalue weighted by atomic mass is 10.00. The lowest BCUT2D eigenvalue weighted by Crippen LogP contribution is -2.24. The minimum Gasteiger partial charge on any atom is -0.506 e. The number of rotatable bonds is 13. The van der Waals surface area contributed by atoms with E-state index in [1.165, 1.54) is 11.1 Å². The van der Waals surface area contributed by atoms with Crippen LogP contribution in [0.2, 0.25) is 0 Å². The molecule has 0 saturated carbocycles. The van der Waals surface area contributed by atoms with Gasteiger partial charge in [-0.15, -0.1) is 0 Å². The Bertz CT molecular complexity index is 824. The SMILES string of the molecule is CCCCOc1ccc(CCNCCc2ccc(O)c(NC(=O)NC)c2)c(CCC)c1. The number of aromatic hydroxyl groups is 1. The van der Waals surface area contributed by atoms with E-state index < -0.39 is 0 Å². The summed E-state index contributed by atoms with van der Waals surface area (Å²) in [7, 11) is 1.54. The molecule has 4 N–H and O–H groups in total. The topological polar surface area (TPSA) is 82.6 Å². The monoisotopic (exact) mass is 427 g/mol. The molecule has 0 unspecified atom stereocenters. The Morgan fingerprint density at radius 3 is 2.52 bits per heavy atom. The summed E-state index contributed by atoms with van der Waals surface area (Å²) in [5.74, 6) is 1.04. The molecule has 6 heteroatoms. The predicted octanol–water partition coefficient (Wildman–Crippen LogP) is 4.65. The van der Waals surface area contributed by atoms with E-state index in [-0.39, 0.29) is 11.8 Å². The molecule has 2 rings (SSSR count). The van der Waals surface area contributed by atoms with Crippen molar-refractivity contribution < 1.29 is 14.6 Å². The highest BCUT2D eigenvalue weighted by molar-refractivity contribution is 5.90. The second-order valence-electron chi connectivity index (χ2n) is 7.69. The minimum atomic E-state index is -0.352. The highest BCUT2D eigenvalue weighted by atomic mass is 16.5. The zero-order valence-electron chi connectivity index (χ0n) is 19.1. The summed E-state index contributed by atoms with van der Waals surface area (Å²) in [6, 6.07) is 11.4. The van der Waals surface area contributed by atoms with E-state index in [0.717, 1.165) is 69.5 Å². The molecule has 0 heterocycles. The number of ether oxygens (including phenoxy) is 1. The van der Waals surface area contributed by atoms with Crippen molar-refractivity contribution in [2.24, 2.45) is 0 Å². The van der Waals surface area contributed by atoms with Crippen molar-refractivity contribution in [3.05, 3.63) is 53.1 Å². The van der Waals surface area contributed by atoms with Gasteiger partial charge in [-0.1, -0.05) is 38.8 Å². The third-order valence-corrected chi connectivity index (χ3v) is 5.16. The molecule has 0 fully saturated rings. The number of benzene rings is 2. The zero-order chi connectivity index (χ0) is 22.5. The molecule has 0 spiro atoms. The van der Waals surface area contributed by atoms with Gasteiger partial charge in [0, 0.05) is 7.05 Å². The molecule has 0 bridgehead atoms. The Labute approximate surface area is 186 Å². The molecule has 170 valence electrons. The van der Waals surface area contributed by atoms with Gasteiger partial charge in [0.2, 0.25) is 0 Å². The first-order chi connectivity index (χ1) is 15.1. The van der Waals surface area contributed by atoms with Crippen molar-refractivity contribution in [3.8, 4) is 11.5 Å². The number of phenols is 1. The summed E-state index contributed by atoms with van der Waals surface area (Å²) in [4.78, 5) is 11.5. The van der Waals surface area contributed by atoms with E-state index in [1.807, 2.05) is 12.1 Å². The van der Waals surface area contributed by atoms with E-state index in [9.17, 15) is 9.90 Å². The van der Waals surface area contributed by atoms with Gasteiger partial charge in [-0.05, 0) is 79.7 Å². The Balaban J connectivity index is 1.83. The molecule has 2 amide bonds. The predicted molar refractivity (Wildman–Crippen MR) is 127 cm³/mol. The largest absolute Gasteiger partial charge is 0.506 e. The Morgan fingerprint density at radius 2 is 1.77 bits per heavy atom. The quantitative estimate of drug-likeness (QED) is 0.277. The smallest absolute Gasteiger partial charge is 0.319 e. The molecular weight excluding hydrogens is 390 g/mol. The van der Waals surface area contributed by atoms with Gasteiger partial charge in [-0.2, -0.15) is 0 Å². The highest BCUT2D eigenvalue weighted by Crippen LogP contribution is 2.24. The van der Waals surface area contributed by atoms with Crippen LogP contribution in [0.3, 0.4) is 0 Å². The van der Waals surface area contributed by atoms with Crippen molar-refractivity contribution >= 4 is 11.7 Å². The van der Waals surface area contributed by atoms with Crippen LogP contribution in [0.25, 0.3) is 0 Å². The van der Waals surface area contributed by atoms with Gasteiger partial charge < -0.3 is 25.8 Å². The van der Waals surface area contributed by atoms with Crippen LogP contribution in [0, 0.1) is 0 Å². The van der Waals surface area contributed by atoms with Crippen LogP contribution in [0.5, 0.6) is 11.5 Å². The summed E-state index contributed by atoms with van der Waals surface area (Å²) >= 11 is 0. The van der Waals surface area contributed by atoms with E-state index in [0.29, 0.717) is 5.69 Å². The maximum Gasteiger partial charge on any atom is 0.319 e. The summed E-state index contributed by atoms with van der Waals surface area (Å²) in [5.41, 5.74) is 4.22. The van der Waals surface area contributed by atoms with Crippen molar-refractivity contribution in [1.29, 1.82) is 0 Å². The Hall–Kier alpha value is -2.73. The van der Waals surface area contributed by atoms with Gasteiger partial charge in [0.05, 0.1) is 12.3 Å². The number of amides is 2. The molecule has 6 nitrogen and oxygen atoms in total. The number of unbranched alkanes of at least 4 members (excludes halogenated alkanes) is 1. The maximum absolute atomic E-state index is 11.5. The van der Waals surface area contributed by atoms with Gasteiger partial charge in [-0.3, -0.25) is 0 Å². The second-order valence-corrected chi connectivity index (χ2v) is 7.69. The number of aryl methyl sites for hydroxylation is 1. The second kappa shape index (κ2) is 13.5. The molecule has 0 aliphatic rings. The fraction of sp³-hybridized carbons (Fsp3) is 0.480. The van der Waals surface area contributed by atoms with E-state index in [4.69, 9.17) is 4.74 Å². The van der Waals surface area contributed by atoms with E-state index in [1.54, 1.807) is 13.1 Å². The van der Waals surface area contributed by atoms with Crippen molar-refractivity contribution in [2.75, 3.05) is 32.1 Å². The normalized spacial score (nSPS) is 10.7. The average Bonchev–Trinajstić information content (AvgIpc) is 2.77. The van der Waals surface area contributed by atoms with Crippen LogP contribution in [-0.4, -0.2) is 37.9 Å². The molecule has 0 radical (unpaired) electrons. The van der Waals surface area contributed by atoms with Crippen molar-refractivity contribution in [3.63, 3.8) is 0 Å². The summed E-state index contributed by atoms with van der Waals surface area (Å²) in [6.45, 7) is 6.88. The van der Waals surface area contributed by atoms with Crippen LogP contribution in [0.1, 0.15) is 49.8 Å². The van der Waals surface area contributed by atoms with Gasteiger partial charge in [-0.25, -0.2) is 4.79 Å². The average molecular weight is 428 g/mol. The molecule has 2 aromatic rings. The summed E-state index contributed by atoms with van der Waals surface area (Å²) in [6.07, 6.45) is 6.19. The number of anilines is 1. The van der Waals surface area contributed by atoms with Crippen LogP contribution in [0.15, 0.2) is 36.4 Å². The van der Waals surface area contributed by atoms with Crippen LogP contribution >= 0.6 is 0 Å². The van der Waals surface area contributed by atoms with E-state index >= 15 is 0 Å². The fourth-order valence-electron chi connectivity index (χ4n) is 3.38. The number of phenolic OH excluding ortho intramolecular Hbond substituents is 1. The molecule has 0 aliphatic carbocycles. The van der Waals surface area contributed by atoms with Gasteiger partial charge >= 0.3 is 6.03 Å². The Kier molecular flexibility index (Phi) is 10.7. The summed E-state index contributed by atoms with van der Waals surface area (Å²) in [5, 5.41) is 18.5. The molecule has 31 heavy (non-hydrogen) atoms. The molecule has 0 atom stereocenters. The Morgan fingerprint density at radius 1 is 0.968 bits per heavy atom. The summed E-state index contributed by atoms with van der Waals surface area (Å²) < 4.78 is 5.87. The highest BCUT2D eigenvalue weighted by Gasteiger charge is 2.07. The van der Waals surface area contributed by atoms with Crippen LogP contribution in [-0.2, 0) is 19.3 Å². The van der Waals surface area contributed by atoms with Crippen LogP contribution < -0.4 is 20.7 Å². The lowest BCUT2D eigenvalue weighted by molar-refractivity contribution is 0.254. The zero-order valence-corrected chi connectivity index (χ0v) is 19.1. The first kappa shape index (κ1) is 24.5. The number of carbonyl (C=O) groups excluding carboxylic acids is 1. The third-order valence-electron chi connectivity index (χ3n) is 5.16. The lowest BCUT2D eigenvalue weighted by Gasteiger charge is -2.13. The number of urea groups is 1. The molecule has 2 aromatic carbocycles. The molecule has 0 saturated heterocycles. The standard InChI is InChI=1S/C25H37N3O3/c1-4-6-16-31-22-10-9-20(21(18-22)7-5-2)13-15-27-14-12-19-8-11-24(29)23(17-19)28-25(30)26-3/h8-11,17-18,27,29H,4-7,12-16H2,1-3H3,(H2,26,28,30). The number of hydrogen-bond acceptors (Lipinski definition) is 4. The van der Waals surface area contributed by atoms with Crippen LogP contribution in [0.4, 0.5) is 10.5 Å². The van der Waals surface area contributed by atoms with Gasteiger partial charge in [0.1, 0.15) is 11.5 Å². The third kappa shape index (κ3) is 8.50. The van der Waals surface area contributed by atoms with Gasteiger partial charge in [0.15, 0.2) is 0 Å². The first-order valence-corrected chi connectivity index (χ1v) is 11.3. The number of carbonyl (C=O) groups is 1. The maximum atomic E-state index is 11.5. The number of nitrogens with one attached hydrogen (secondary N) is 3.